The van der Waals surface area contributed by atoms with Gasteiger partial charge in [0.2, 0.25) is 0 Å². The topological polar surface area (TPSA) is 77.3 Å². The van der Waals surface area contributed by atoms with E-state index in [0.29, 0.717) is 21.2 Å². The highest BCUT2D eigenvalue weighted by atomic mass is 35.5. The molecule has 44 heavy (non-hydrogen) atoms. The molecule has 1 aromatic carbocycles. The molecule has 0 saturated heterocycles. The number of carbonyl (C=O) groups is 2. The molecule has 2 aromatic heterocycles. The summed E-state index contributed by atoms with van der Waals surface area (Å²) in [5.41, 5.74) is 2.67. The van der Waals surface area contributed by atoms with Crippen molar-refractivity contribution in [1.29, 1.82) is 0 Å². The zero-order valence-corrected chi connectivity index (χ0v) is 28.8. The third-order valence-electron chi connectivity index (χ3n) is 9.39. The van der Waals surface area contributed by atoms with Crippen molar-refractivity contribution in [2.24, 2.45) is 5.92 Å². The predicted molar refractivity (Wildman–Crippen MR) is 175 cm³/mol. The van der Waals surface area contributed by atoms with E-state index in [9.17, 15) is 14.0 Å². The smallest absolute Gasteiger partial charge is 0.257 e. The molecular formula is C33H43Cl2FN4O3Si. The molecule has 0 radical (unpaired) electrons. The van der Waals surface area contributed by atoms with Crippen molar-refractivity contribution in [3.05, 3.63) is 81.1 Å². The second kappa shape index (κ2) is 15.1. The minimum atomic E-state index is -2.20. The van der Waals surface area contributed by atoms with Crippen LogP contribution < -0.4 is 0 Å². The summed E-state index contributed by atoms with van der Waals surface area (Å²) in [7, 11) is -2.20. The summed E-state index contributed by atoms with van der Waals surface area (Å²) < 4.78 is 22.8. The largest absolute Gasteiger partial charge is 0.408 e. The number of benzene rings is 1. The molecule has 11 heteroatoms. The zero-order valence-electron chi connectivity index (χ0n) is 26.3. The van der Waals surface area contributed by atoms with Crippen molar-refractivity contribution in [2.45, 2.75) is 97.1 Å². The number of Topliss-reactive ketones (excluding diaryl/α,β-unsaturated/α-hetero) is 1. The third kappa shape index (κ3) is 7.79. The Balaban J connectivity index is 1.71. The van der Waals surface area contributed by atoms with E-state index in [1.165, 1.54) is 12.1 Å². The Kier molecular flexibility index (Phi) is 11.8. The Labute approximate surface area is 271 Å². The van der Waals surface area contributed by atoms with E-state index >= 15 is 0 Å². The number of rotatable bonds is 13. The molecule has 1 atom stereocenters. The lowest BCUT2D eigenvalue weighted by atomic mass is 9.84. The first kappa shape index (κ1) is 34.3. The number of ketones is 1. The average Bonchev–Trinajstić information content (AvgIpc) is 3.41. The number of aromatic nitrogens is 3. The minimum absolute atomic E-state index is 0.100. The van der Waals surface area contributed by atoms with Crippen LogP contribution in [0.25, 0.3) is 0 Å². The van der Waals surface area contributed by atoms with E-state index in [0.717, 1.165) is 55.1 Å². The number of halogens is 3. The Hall–Kier alpha value is -2.59. The summed E-state index contributed by atoms with van der Waals surface area (Å²) in [6.07, 6.45) is 7.47. The molecule has 1 amide bonds. The first-order chi connectivity index (χ1) is 21.0. The van der Waals surface area contributed by atoms with Crippen LogP contribution in [0.3, 0.4) is 0 Å². The van der Waals surface area contributed by atoms with Gasteiger partial charge in [-0.2, -0.15) is 5.10 Å². The fourth-order valence-electron chi connectivity index (χ4n) is 6.35. The highest BCUT2D eigenvalue weighted by Gasteiger charge is 2.36. The highest BCUT2D eigenvalue weighted by Crippen LogP contribution is 2.38. The van der Waals surface area contributed by atoms with E-state index < -0.39 is 14.4 Å². The molecule has 0 aliphatic heterocycles. The summed E-state index contributed by atoms with van der Waals surface area (Å²) in [6.45, 7) is 10.4. The highest BCUT2D eigenvalue weighted by molar-refractivity contribution is 6.73. The Morgan fingerprint density at radius 2 is 1.61 bits per heavy atom. The molecule has 1 unspecified atom stereocenters. The van der Waals surface area contributed by atoms with Gasteiger partial charge in [0.15, 0.2) is 8.32 Å². The van der Waals surface area contributed by atoms with Gasteiger partial charge in [-0.15, -0.1) is 0 Å². The van der Waals surface area contributed by atoms with E-state index in [-0.39, 0.29) is 42.6 Å². The van der Waals surface area contributed by atoms with Crippen LogP contribution in [0.2, 0.25) is 28.2 Å². The fraction of sp³-hybridized carbons (Fsp3) is 0.515. The lowest BCUT2D eigenvalue weighted by Crippen LogP contribution is -2.42. The number of pyridine rings is 1. The molecule has 4 rings (SSSR count). The quantitative estimate of drug-likeness (QED) is 0.171. The van der Waals surface area contributed by atoms with Gasteiger partial charge in [0, 0.05) is 36.1 Å². The van der Waals surface area contributed by atoms with Gasteiger partial charge in [0.1, 0.15) is 11.6 Å². The number of hydrogen-bond donors (Lipinski definition) is 0. The maximum atomic E-state index is 14.4. The Morgan fingerprint density at radius 3 is 2.16 bits per heavy atom. The van der Waals surface area contributed by atoms with E-state index in [1.807, 2.05) is 11.6 Å². The van der Waals surface area contributed by atoms with Crippen molar-refractivity contribution in [3.63, 3.8) is 0 Å². The summed E-state index contributed by atoms with van der Waals surface area (Å²) in [5, 5.41) is 5.42. The molecule has 0 spiro atoms. The van der Waals surface area contributed by atoms with Crippen LogP contribution in [0.5, 0.6) is 0 Å². The predicted octanol–water partition coefficient (Wildman–Crippen LogP) is 8.76. The number of hydrogen-bond acceptors (Lipinski definition) is 5. The Bertz CT molecular complexity index is 1410. The maximum absolute atomic E-state index is 14.4. The molecule has 1 aliphatic carbocycles. The van der Waals surface area contributed by atoms with E-state index in [1.54, 1.807) is 42.5 Å². The molecule has 1 saturated carbocycles. The molecule has 3 aromatic rings. The van der Waals surface area contributed by atoms with Crippen LogP contribution in [0.4, 0.5) is 4.39 Å². The van der Waals surface area contributed by atoms with Gasteiger partial charge in [-0.1, -0.05) is 56.1 Å². The fourth-order valence-corrected chi connectivity index (χ4v) is 9.75. The summed E-state index contributed by atoms with van der Waals surface area (Å²) in [5.74, 6) is -0.213. The van der Waals surface area contributed by atoms with Crippen molar-refractivity contribution in [2.75, 3.05) is 6.54 Å². The number of nitrogens with zero attached hydrogens (tertiary/aromatic N) is 4. The van der Waals surface area contributed by atoms with Crippen molar-refractivity contribution < 1.29 is 18.4 Å². The number of carbonyl (C=O) groups excluding carboxylic acids is 2. The van der Waals surface area contributed by atoms with Gasteiger partial charge < -0.3 is 9.33 Å². The normalized spacial score (nSPS) is 17.8. The zero-order chi connectivity index (χ0) is 32.0. The summed E-state index contributed by atoms with van der Waals surface area (Å²) in [6, 6.07) is 9.00. The average molecular weight is 662 g/mol. The first-order valence-corrected chi connectivity index (χ1v) is 18.9. The van der Waals surface area contributed by atoms with Crippen molar-refractivity contribution in [1.82, 2.24) is 19.7 Å². The Morgan fingerprint density at radius 1 is 1.02 bits per heavy atom. The standard InChI is InChI=1S/C33H43Cl2FN4O3Si/c1-6-44(7-2,8-3)43-31(32-29(34)18-37-19-30(32)35)21-39(20-24-9-13-26(36)14-10-24)33(42)28-17-38-40(22(28)4)27-15-11-25(12-16-27)23(5)41/h9-10,13-14,17-19,25,27,31H,6-8,11-12,15-16,20-21H2,1-5H3. The van der Waals surface area contributed by atoms with Gasteiger partial charge in [-0.25, -0.2) is 4.39 Å². The first-order valence-electron chi connectivity index (χ1n) is 15.6. The van der Waals surface area contributed by atoms with Crippen LogP contribution in [0.15, 0.2) is 42.9 Å². The van der Waals surface area contributed by atoms with Gasteiger partial charge in [0.25, 0.3) is 5.91 Å². The van der Waals surface area contributed by atoms with Gasteiger partial charge in [-0.3, -0.25) is 19.3 Å². The van der Waals surface area contributed by atoms with Crippen LogP contribution >= 0.6 is 23.2 Å². The summed E-state index contributed by atoms with van der Waals surface area (Å²) >= 11 is 13.4. The maximum Gasteiger partial charge on any atom is 0.257 e. The SMILES string of the molecule is CC[Si](CC)(CC)OC(CN(Cc1ccc(F)cc1)C(=O)c1cnn(C2CCC(C(C)=O)CC2)c1C)c1c(Cl)cncc1Cl. The number of amides is 1. The second-order valence-corrected chi connectivity index (χ2v) is 17.4. The molecule has 0 bridgehead atoms. The lowest BCUT2D eigenvalue weighted by Gasteiger charge is -2.37. The molecule has 2 heterocycles. The molecule has 0 N–H and O–H groups in total. The third-order valence-corrected chi connectivity index (χ3v) is 14.6. The van der Waals surface area contributed by atoms with Crippen LogP contribution in [-0.4, -0.2) is 46.2 Å². The van der Waals surface area contributed by atoms with Gasteiger partial charge in [-0.05, 0) is 75.4 Å². The van der Waals surface area contributed by atoms with Crippen LogP contribution in [-0.2, 0) is 15.8 Å². The minimum Gasteiger partial charge on any atom is -0.408 e. The van der Waals surface area contributed by atoms with Gasteiger partial charge in [0.05, 0.1) is 40.5 Å². The van der Waals surface area contributed by atoms with E-state index in [4.69, 9.17) is 27.6 Å². The second-order valence-electron chi connectivity index (χ2n) is 11.9. The lowest BCUT2D eigenvalue weighted by molar-refractivity contribution is -0.121. The molecule has 238 valence electrons. The van der Waals surface area contributed by atoms with Crippen LogP contribution in [0, 0.1) is 18.7 Å². The van der Waals surface area contributed by atoms with Crippen LogP contribution in [0.1, 0.15) is 92.7 Å². The monoisotopic (exact) mass is 660 g/mol. The van der Waals surface area contributed by atoms with Gasteiger partial charge >= 0.3 is 0 Å². The van der Waals surface area contributed by atoms with E-state index in [2.05, 4.69) is 30.9 Å². The molecule has 7 nitrogen and oxygen atoms in total. The molecular weight excluding hydrogens is 618 g/mol. The molecule has 1 aliphatic rings. The summed E-state index contributed by atoms with van der Waals surface area (Å²) in [4.78, 5) is 32.2. The van der Waals surface area contributed by atoms with Crippen molar-refractivity contribution in [3.8, 4) is 0 Å². The van der Waals surface area contributed by atoms with Crippen molar-refractivity contribution >= 4 is 43.2 Å². The molecule has 1 fully saturated rings.